The van der Waals surface area contributed by atoms with Crippen molar-refractivity contribution in [1.82, 2.24) is 5.32 Å². The van der Waals surface area contributed by atoms with Gasteiger partial charge in [0.1, 0.15) is 0 Å². The fraction of sp³-hybridized carbons (Fsp3) is 1.00. The van der Waals surface area contributed by atoms with Gasteiger partial charge in [0.25, 0.3) is 0 Å². The summed E-state index contributed by atoms with van der Waals surface area (Å²) in [6.07, 6.45) is 5.87. The minimum Gasteiger partial charge on any atom is -0.369 e. The van der Waals surface area contributed by atoms with Gasteiger partial charge in [0.15, 0.2) is 0 Å². The van der Waals surface area contributed by atoms with Gasteiger partial charge in [0.05, 0.1) is 11.7 Å². The number of rotatable bonds is 1. The van der Waals surface area contributed by atoms with Crippen molar-refractivity contribution < 1.29 is 4.74 Å². The molecule has 1 heterocycles. The maximum absolute atomic E-state index is 6.21. The lowest BCUT2D eigenvalue weighted by Crippen LogP contribution is -2.58. The highest BCUT2D eigenvalue weighted by atomic mass is 16.5. The van der Waals surface area contributed by atoms with E-state index in [0.717, 1.165) is 12.5 Å². The lowest BCUT2D eigenvalue weighted by molar-refractivity contribution is -0.143. The molecule has 2 heteroatoms. The molecule has 2 fully saturated rings. The highest BCUT2D eigenvalue weighted by Crippen LogP contribution is 2.38. The van der Waals surface area contributed by atoms with Crippen LogP contribution in [0.5, 0.6) is 0 Å². The molecule has 0 aromatic carbocycles. The molecule has 1 N–H and O–H groups in total. The third kappa shape index (κ3) is 1.82. The van der Waals surface area contributed by atoms with Crippen molar-refractivity contribution in [2.24, 2.45) is 5.92 Å². The van der Waals surface area contributed by atoms with Crippen molar-refractivity contribution in [1.29, 1.82) is 0 Å². The Morgan fingerprint density at radius 3 is 2.43 bits per heavy atom. The van der Waals surface area contributed by atoms with Crippen LogP contribution in [0.1, 0.15) is 46.5 Å². The van der Waals surface area contributed by atoms with E-state index in [2.05, 4.69) is 26.1 Å². The topological polar surface area (TPSA) is 21.3 Å². The quantitative estimate of drug-likeness (QED) is 0.696. The van der Waals surface area contributed by atoms with Gasteiger partial charge in [-0.2, -0.15) is 0 Å². The largest absolute Gasteiger partial charge is 0.369 e. The minimum absolute atomic E-state index is 0.0996. The molecule has 1 saturated heterocycles. The molecule has 3 unspecified atom stereocenters. The molecule has 2 aliphatic rings. The van der Waals surface area contributed by atoms with Crippen molar-refractivity contribution in [2.45, 2.75) is 64.2 Å². The molecule has 0 spiro atoms. The second-order valence-corrected chi connectivity index (χ2v) is 5.29. The molecular weight excluding hydrogens is 174 g/mol. The molecular formula is C12H23NO. The summed E-state index contributed by atoms with van der Waals surface area (Å²) >= 11 is 0. The number of hydrogen-bond acceptors (Lipinski definition) is 2. The zero-order valence-electron chi connectivity index (χ0n) is 9.68. The molecule has 0 aromatic rings. The van der Waals surface area contributed by atoms with E-state index in [1.165, 1.54) is 25.7 Å². The normalized spacial score (nSPS) is 45.6. The van der Waals surface area contributed by atoms with Crippen molar-refractivity contribution in [2.75, 3.05) is 6.54 Å². The van der Waals surface area contributed by atoms with Crippen LogP contribution in [-0.4, -0.2) is 24.3 Å². The number of hydrogen-bond donors (Lipinski definition) is 1. The zero-order valence-corrected chi connectivity index (χ0v) is 9.68. The van der Waals surface area contributed by atoms with Crippen LogP contribution in [0.3, 0.4) is 0 Å². The first-order valence-corrected chi connectivity index (χ1v) is 6.03. The predicted molar refractivity (Wildman–Crippen MR) is 58.4 cm³/mol. The number of ether oxygens (including phenoxy) is 1. The van der Waals surface area contributed by atoms with E-state index in [1.54, 1.807) is 0 Å². The van der Waals surface area contributed by atoms with Gasteiger partial charge in [-0.15, -0.1) is 0 Å². The van der Waals surface area contributed by atoms with Gasteiger partial charge in [0.2, 0.25) is 0 Å². The maximum Gasteiger partial charge on any atom is 0.0810 e. The van der Waals surface area contributed by atoms with Crippen molar-refractivity contribution in [3.8, 4) is 0 Å². The molecule has 2 rings (SSSR count). The van der Waals surface area contributed by atoms with Crippen LogP contribution < -0.4 is 5.32 Å². The minimum atomic E-state index is 0.0996. The molecule has 0 radical (unpaired) electrons. The molecule has 0 aromatic heterocycles. The molecule has 14 heavy (non-hydrogen) atoms. The fourth-order valence-corrected chi connectivity index (χ4v) is 2.88. The number of nitrogens with one attached hydrogen (secondary N) is 1. The van der Waals surface area contributed by atoms with Crippen molar-refractivity contribution in [3.05, 3.63) is 0 Å². The van der Waals surface area contributed by atoms with Gasteiger partial charge in [-0.3, -0.25) is 0 Å². The fourth-order valence-electron chi connectivity index (χ4n) is 2.88. The predicted octanol–water partition coefficient (Wildman–Crippen LogP) is 2.33. The molecule has 1 aliphatic heterocycles. The first kappa shape index (κ1) is 10.4. The average molecular weight is 197 g/mol. The Hall–Kier alpha value is -0.0800. The molecule has 0 bridgehead atoms. The molecule has 1 aliphatic carbocycles. The van der Waals surface area contributed by atoms with E-state index in [9.17, 15) is 0 Å². The first-order chi connectivity index (χ1) is 6.62. The van der Waals surface area contributed by atoms with Crippen LogP contribution in [0.25, 0.3) is 0 Å². The van der Waals surface area contributed by atoms with E-state index in [-0.39, 0.29) is 5.60 Å². The second kappa shape index (κ2) is 3.82. The lowest BCUT2D eigenvalue weighted by Gasteiger charge is -2.45. The van der Waals surface area contributed by atoms with Gasteiger partial charge in [-0.25, -0.2) is 0 Å². The van der Waals surface area contributed by atoms with Crippen LogP contribution in [-0.2, 0) is 4.74 Å². The Morgan fingerprint density at radius 2 is 1.86 bits per heavy atom. The SMILES string of the molecule is CC1NCC(C)(C2CCCC2)OC1C. The van der Waals surface area contributed by atoms with Crippen LogP contribution in [0.15, 0.2) is 0 Å². The molecule has 3 atom stereocenters. The summed E-state index contributed by atoms with van der Waals surface area (Å²) < 4.78 is 6.21. The van der Waals surface area contributed by atoms with Crippen molar-refractivity contribution >= 4 is 0 Å². The second-order valence-electron chi connectivity index (χ2n) is 5.29. The highest BCUT2D eigenvalue weighted by Gasteiger charge is 2.41. The summed E-state index contributed by atoms with van der Waals surface area (Å²) in [7, 11) is 0. The standard InChI is InChI=1S/C12H23NO/c1-9-10(2)14-12(3,8-13-9)11-6-4-5-7-11/h9-11,13H,4-8H2,1-3H3. The average Bonchev–Trinajstić information content (AvgIpc) is 2.65. The molecule has 1 saturated carbocycles. The Morgan fingerprint density at radius 1 is 1.21 bits per heavy atom. The summed E-state index contributed by atoms with van der Waals surface area (Å²) in [4.78, 5) is 0. The van der Waals surface area contributed by atoms with Crippen LogP contribution in [0.2, 0.25) is 0 Å². The van der Waals surface area contributed by atoms with E-state index in [1.807, 2.05) is 0 Å². The monoisotopic (exact) mass is 197 g/mol. The van der Waals surface area contributed by atoms with E-state index < -0.39 is 0 Å². The molecule has 0 amide bonds. The number of morpholine rings is 1. The van der Waals surface area contributed by atoms with E-state index in [0.29, 0.717) is 12.1 Å². The van der Waals surface area contributed by atoms with Crippen LogP contribution >= 0.6 is 0 Å². The molecule has 82 valence electrons. The Bertz CT molecular complexity index is 200. The maximum atomic E-state index is 6.21. The van der Waals surface area contributed by atoms with Gasteiger partial charge < -0.3 is 10.1 Å². The highest BCUT2D eigenvalue weighted by molar-refractivity contribution is 4.94. The Kier molecular flexibility index (Phi) is 2.85. The Balaban J connectivity index is 2.01. The van der Waals surface area contributed by atoms with Crippen LogP contribution in [0, 0.1) is 5.92 Å². The summed E-state index contributed by atoms with van der Waals surface area (Å²) in [6.45, 7) is 7.71. The van der Waals surface area contributed by atoms with E-state index >= 15 is 0 Å². The van der Waals surface area contributed by atoms with Gasteiger partial charge in [-0.1, -0.05) is 12.8 Å². The smallest absolute Gasteiger partial charge is 0.0810 e. The zero-order chi connectivity index (χ0) is 10.2. The van der Waals surface area contributed by atoms with Crippen LogP contribution in [0.4, 0.5) is 0 Å². The molecule has 2 nitrogen and oxygen atoms in total. The van der Waals surface area contributed by atoms with Gasteiger partial charge in [0, 0.05) is 12.6 Å². The van der Waals surface area contributed by atoms with Gasteiger partial charge >= 0.3 is 0 Å². The summed E-state index contributed by atoms with van der Waals surface area (Å²) in [6, 6.07) is 0.504. The van der Waals surface area contributed by atoms with E-state index in [4.69, 9.17) is 4.74 Å². The third-order valence-electron chi connectivity index (χ3n) is 4.15. The van der Waals surface area contributed by atoms with Gasteiger partial charge in [-0.05, 0) is 39.5 Å². The Labute approximate surface area is 87.4 Å². The summed E-state index contributed by atoms with van der Waals surface area (Å²) in [5.74, 6) is 0.782. The first-order valence-electron chi connectivity index (χ1n) is 6.03. The summed E-state index contributed by atoms with van der Waals surface area (Å²) in [5, 5.41) is 3.57. The lowest BCUT2D eigenvalue weighted by atomic mass is 9.85. The summed E-state index contributed by atoms with van der Waals surface area (Å²) in [5.41, 5.74) is 0.0996. The van der Waals surface area contributed by atoms with Crippen molar-refractivity contribution in [3.63, 3.8) is 0 Å². The third-order valence-corrected chi connectivity index (χ3v) is 4.15.